The van der Waals surface area contributed by atoms with Crippen molar-refractivity contribution < 1.29 is 13.3 Å². The molecule has 94 valence electrons. The van der Waals surface area contributed by atoms with Crippen LogP contribution in [0.1, 0.15) is 6.92 Å². The first-order valence-corrected chi connectivity index (χ1v) is 6.15. The summed E-state index contributed by atoms with van der Waals surface area (Å²) >= 11 is 0. The molecule has 0 atom stereocenters. The Morgan fingerprint density at radius 1 is 1.47 bits per heavy atom. The summed E-state index contributed by atoms with van der Waals surface area (Å²) in [5, 5.41) is 10.7. The van der Waals surface area contributed by atoms with E-state index in [-0.39, 0.29) is 12.2 Å². The van der Waals surface area contributed by atoms with Crippen LogP contribution in [0.25, 0.3) is 0 Å². The zero-order valence-corrected chi connectivity index (χ0v) is 9.82. The fraction of sp³-hybridized carbons (Fsp3) is 0.250. The van der Waals surface area contributed by atoms with Crippen molar-refractivity contribution in [2.45, 2.75) is 11.8 Å². The number of anilines is 1. The lowest BCUT2D eigenvalue weighted by atomic mass is 10.3. The fourth-order valence-corrected chi connectivity index (χ4v) is 2.47. The highest BCUT2D eigenvalue weighted by Crippen LogP contribution is 2.26. The number of rotatable bonds is 5. The molecule has 1 aromatic carbocycles. The SMILES string of the molecule is CCNS(=O)(=O)c1cc(NN)ccc1[N+](=O)[O-]. The van der Waals surface area contributed by atoms with E-state index in [9.17, 15) is 18.5 Å². The average Bonchev–Trinajstić information content (AvgIpc) is 2.28. The highest BCUT2D eigenvalue weighted by atomic mass is 32.2. The number of nitrogens with two attached hydrogens (primary N) is 1. The minimum Gasteiger partial charge on any atom is -0.324 e. The molecule has 0 unspecified atom stereocenters. The van der Waals surface area contributed by atoms with Gasteiger partial charge in [-0.15, -0.1) is 0 Å². The Bertz CT molecular complexity index is 528. The summed E-state index contributed by atoms with van der Waals surface area (Å²) in [4.78, 5) is 9.56. The number of hydrazine groups is 1. The minimum atomic E-state index is -3.91. The van der Waals surface area contributed by atoms with Crippen molar-refractivity contribution in [2.24, 2.45) is 5.84 Å². The van der Waals surface area contributed by atoms with Crippen molar-refractivity contribution in [3.05, 3.63) is 28.3 Å². The van der Waals surface area contributed by atoms with Crippen LogP contribution in [0, 0.1) is 10.1 Å². The monoisotopic (exact) mass is 260 g/mol. The molecule has 0 aliphatic carbocycles. The largest absolute Gasteiger partial charge is 0.324 e. The van der Waals surface area contributed by atoms with Crippen LogP contribution in [0.15, 0.2) is 23.1 Å². The number of benzene rings is 1. The predicted octanol–water partition coefficient (Wildman–Crippen LogP) is 0.179. The standard InChI is InChI=1S/C8H12N4O4S/c1-2-10-17(15,16)8-5-6(11-9)3-4-7(8)12(13)14/h3-5,10-11H,2,9H2,1H3. The van der Waals surface area contributed by atoms with E-state index in [0.29, 0.717) is 0 Å². The maximum absolute atomic E-state index is 11.7. The van der Waals surface area contributed by atoms with Crippen molar-refractivity contribution in [3.63, 3.8) is 0 Å². The summed E-state index contributed by atoms with van der Waals surface area (Å²) in [7, 11) is -3.91. The van der Waals surface area contributed by atoms with Gasteiger partial charge in [-0.2, -0.15) is 0 Å². The molecule has 0 heterocycles. The number of hydrogen-bond acceptors (Lipinski definition) is 6. The van der Waals surface area contributed by atoms with Gasteiger partial charge >= 0.3 is 0 Å². The maximum Gasteiger partial charge on any atom is 0.289 e. The van der Waals surface area contributed by atoms with Gasteiger partial charge in [0.2, 0.25) is 10.0 Å². The molecule has 1 rings (SSSR count). The Labute approximate surface area is 98.0 Å². The number of nitro benzene ring substituents is 1. The third-order valence-corrected chi connectivity index (χ3v) is 3.52. The first kappa shape index (κ1) is 13.4. The molecule has 17 heavy (non-hydrogen) atoms. The number of nitrogens with one attached hydrogen (secondary N) is 2. The highest BCUT2D eigenvalue weighted by molar-refractivity contribution is 7.89. The molecule has 8 nitrogen and oxygen atoms in total. The number of sulfonamides is 1. The van der Waals surface area contributed by atoms with E-state index in [4.69, 9.17) is 5.84 Å². The Morgan fingerprint density at radius 2 is 2.12 bits per heavy atom. The minimum absolute atomic E-state index is 0.139. The summed E-state index contributed by atoms with van der Waals surface area (Å²) in [6.45, 7) is 1.72. The zero-order chi connectivity index (χ0) is 13.1. The van der Waals surface area contributed by atoms with Gasteiger partial charge in [0.25, 0.3) is 5.69 Å². The molecule has 0 fully saturated rings. The van der Waals surface area contributed by atoms with E-state index in [1.54, 1.807) is 6.92 Å². The van der Waals surface area contributed by atoms with Crippen LogP contribution >= 0.6 is 0 Å². The zero-order valence-electron chi connectivity index (χ0n) is 9.00. The molecule has 0 spiro atoms. The van der Waals surface area contributed by atoms with Gasteiger partial charge < -0.3 is 5.43 Å². The van der Waals surface area contributed by atoms with E-state index in [1.807, 2.05) is 0 Å². The van der Waals surface area contributed by atoms with Gasteiger partial charge in [-0.05, 0) is 12.1 Å². The second-order valence-electron chi connectivity index (χ2n) is 3.09. The Balaban J connectivity index is 3.42. The molecular formula is C8H12N4O4S. The molecule has 1 aromatic rings. The Kier molecular flexibility index (Phi) is 3.99. The lowest BCUT2D eigenvalue weighted by Crippen LogP contribution is -2.24. The lowest BCUT2D eigenvalue weighted by molar-refractivity contribution is -0.387. The van der Waals surface area contributed by atoms with Crippen LogP contribution < -0.4 is 16.0 Å². The predicted molar refractivity (Wildman–Crippen MR) is 61.8 cm³/mol. The quantitative estimate of drug-likeness (QED) is 0.393. The van der Waals surface area contributed by atoms with E-state index >= 15 is 0 Å². The van der Waals surface area contributed by atoms with Crippen molar-refractivity contribution in [2.75, 3.05) is 12.0 Å². The van der Waals surface area contributed by atoms with Crippen LogP contribution in [0.3, 0.4) is 0 Å². The molecular weight excluding hydrogens is 248 g/mol. The van der Waals surface area contributed by atoms with Crippen LogP contribution in [0.4, 0.5) is 11.4 Å². The third-order valence-electron chi connectivity index (χ3n) is 1.95. The van der Waals surface area contributed by atoms with Crippen LogP contribution in [0.5, 0.6) is 0 Å². The molecule has 0 saturated heterocycles. The van der Waals surface area contributed by atoms with Crippen LogP contribution in [-0.2, 0) is 10.0 Å². The van der Waals surface area contributed by atoms with Gasteiger partial charge in [0.05, 0.1) is 10.6 Å². The molecule has 0 radical (unpaired) electrons. The van der Waals surface area contributed by atoms with Gasteiger partial charge in [-0.3, -0.25) is 16.0 Å². The first-order valence-electron chi connectivity index (χ1n) is 4.67. The van der Waals surface area contributed by atoms with Crippen molar-refractivity contribution in [3.8, 4) is 0 Å². The van der Waals surface area contributed by atoms with Crippen LogP contribution in [-0.4, -0.2) is 19.9 Å². The molecule has 9 heteroatoms. The number of nitrogens with zero attached hydrogens (tertiary/aromatic N) is 1. The summed E-state index contributed by atoms with van der Waals surface area (Å²) in [5.41, 5.74) is 2.01. The number of hydrogen-bond donors (Lipinski definition) is 3. The van der Waals surface area contributed by atoms with Gasteiger partial charge in [-0.25, -0.2) is 13.1 Å². The summed E-state index contributed by atoms with van der Waals surface area (Å²) < 4.78 is 25.7. The van der Waals surface area contributed by atoms with Crippen LogP contribution in [0.2, 0.25) is 0 Å². The van der Waals surface area contributed by atoms with E-state index in [0.717, 1.165) is 12.1 Å². The summed E-state index contributed by atoms with van der Waals surface area (Å²) in [6, 6.07) is 3.51. The second-order valence-corrected chi connectivity index (χ2v) is 4.82. The second kappa shape index (κ2) is 5.08. The number of nitrogen functional groups attached to an aromatic ring is 1. The summed E-state index contributed by atoms with van der Waals surface area (Å²) in [6.07, 6.45) is 0. The van der Waals surface area contributed by atoms with Gasteiger partial charge in [-0.1, -0.05) is 6.92 Å². The molecule has 0 saturated carbocycles. The third kappa shape index (κ3) is 2.90. The molecule has 4 N–H and O–H groups in total. The van der Waals surface area contributed by atoms with Gasteiger partial charge in [0.1, 0.15) is 0 Å². The molecule has 0 bridgehead atoms. The van der Waals surface area contributed by atoms with Crippen molar-refractivity contribution in [1.82, 2.24) is 4.72 Å². The molecule has 0 aliphatic heterocycles. The summed E-state index contributed by atoms with van der Waals surface area (Å²) in [5.74, 6) is 5.13. The topological polar surface area (TPSA) is 127 Å². The average molecular weight is 260 g/mol. The molecule has 0 aromatic heterocycles. The molecule has 0 aliphatic rings. The smallest absolute Gasteiger partial charge is 0.289 e. The van der Waals surface area contributed by atoms with Gasteiger partial charge in [0.15, 0.2) is 4.90 Å². The molecule has 0 amide bonds. The fourth-order valence-electron chi connectivity index (χ4n) is 1.24. The normalized spacial score (nSPS) is 11.2. The number of nitro groups is 1. The Morgan fingerprint density at radius 3 is 2.59 bits per heavy atom. The lowest BCUT2D eigenvalue weighted by Gasteiger charge is -2.07. The van der Waals surface area contributed by atoms with Crippen molar-refractivity contribution in [1.29, 1.82) is 0 Å². The Hall–Kier alpha value is -1.71. The van der Waals surface area contributed by atoms with E-state index in [1.165, 1.54) is 6.07 Å². The maximum atomic E-state index is 11.7. The van der Waals surface area contributed by atoms with Gasteiger partial charge in [0, 0.05) is 12.6 Å². The van der Waals surface area contributed by atoms with E-state index < -0.39 is 25.5 Å². The van der Waals surface area contributed by atoms with Crippen molar-refractivity contribution >= 4 is 21.4 Å². The highest BCUT2D eigenvalue weighted by Gasteiger charge is 2.25. The van der Waals surface area contributed by atoms with E-state index in [2.05, 4.69) is 10.1 Å². The first-order chi connectivity index (χ1) is 7.92.